The summed E-state index contributed by atoms with van der Waals surface area (Å²) in [5, 5.41) is 21.6. The third-order valence-corrected chi connectivity index (χ3v) is 3.47. The van der Waals surface area contributed by atoms with Gasteiger partial charge in [0.05, 0.1) is 17.5 Å². The van der Waals surface area contributed by atoms with Gasteiger partial charge in [-0.3, -0.25) is 0 Å². The van der Waals surface area contributed by atoms with E-state index in [4.69, 9.17) is 46.4 Å². The highest BCUT2D eigenvalue weighted by Crippen LogP contribution is 2.41. The third-order valence-electron chi connectivity index (χ3n) is 2.81. The van der Waals surface area contributed by atoms with Crippen LogP contribution in [-0.4, -0.2) is 24.3 Å². The lowest BCUT2D eigenvalue weighted by atomic mass is 9.86. The van der Waals surface area contributed by atoms with E-state index < -0.39 is 9.39 Å². The number of halogens is 4. The number of H-pyrrole nitrogens is 1. The summed E-state index contributed by atoms with van der Waals surface area (Å²) in [4.78, 5) is 0. The first-order valence-electron chi connectivity index (χ1n) is 5.68. The zero-order valence-electron chi connectivity index (χ0n) is 10.2. The van der Waals surface area contributed by atoms with Crippen molar-refractivity contribution in [3.63, 3.8) is 0 Å². The molecule has 0 amide bonds. The standard InChI is InChI=1S/C12H11Cl4N3O/c13-9-3-1-8(2-4-9)11(20,7-12(14,15)16)5-10-6-17-19-18-10/h1-4,6,20H,5,7H2,(H,17,18,19). The van der Waals surface area contributed by atoms with Gasteiger partial charge in [0.25, 0.3) is 0 Å². The molecule has 1 aromatic carbocycles. The maximum Gasteiger partial charge on any atom is 0.193 e. The topological polar surface area (TPSA) is 61.8 Å². The number of hydrogen-bond donors (Lipinski definition) is 2. The molecule has 1 aromatic heterocycles. The van der Waals surface area contributed by atoms with Crippen LogP contribution in [0.4, 0.5) is 0 Å². The molecule has 0 radical (unpaired) electrons. The summed E-state index contributed by atoms with van der Waals surface area (Å²) in [6, 6.07) is 6.73. The van der Waals surface area contributed by atoms with E-state index >= 15 is 0 Å². The van der Waals surface area contributed by atoms with Crippen molar-refractivity contribution in [3.05, 3.63) is 46.7 Å². The molecule has 0 saturated carbocycles. The van der Waals surface area contributed by atoms with Crippen molar-refractivity contribution in [2.24, 2.45) is 0 Å². The molecule has 0 fully saturated rings. The Bertz CT molecular complexity index is 553. The second-order valence-electron chi connectivity index (χ2n) is 4.47. The summed E-state index contributed by atoms with van der Waals surface area (Å²) in [6.45, 7) is 0. The number of aromatic nitrogens is 3. The number of rotatable bonds is 4. The summed E-state index contributed by atoms with van der Waals surface area (Å²) in [6.07, 6.45) is 1.59. The second kappa shape index (κ2) is 6.08. The highest BCUT2D eigenvalue weighted by atomic mass is 35.6. The van der Waals surface area contributed by atoms with Crippen LogP contribution < -0.4 is 0 Å². The van der Waals surface area contributed by atoms with E-state index in [0.29, 0.717) is 16.3 Å². The van der Waals surface area contributed by atoms with Gasteiger partial charge in [-0.05, 0) is 17.7 Å². The molecule has 2 aromatic rings. The number of benzene rings is 1. The van der Waals surface area contributed by atoms with Crippen molar-refractivity contribution in [2.45, 2.75) is 22.2 Å². The summed E-state index contributed by atoms with van der Waals surface area (Å²) < 4.78 is -1.60. The van der Waals surface area contributed by atoms with Gasteiger partial charge in [-0.2, -0.15) is 15.4 Å². The van der Waals surface area contributed by atoms with Crippen molar-refractivity contribution in [1.29, 1.82) is 0 Å². The van der Waals surface area contributed by atoms with Gasteiger partial charge in [0.1, 0.15) is 0 Å². The molecule has 2 N–H and O–H groups in total. The summed E-state index contributed by atoms with van der Waals surface area (Å²) in [7, 11) is 0. The van der Waals surface area contributed by atoms with Gasteiger partial charge in [0, 0.05) is 17.9 Å². The van der Waals surface area contributed by atoms with Gasteiger partial charge in [0.15, 0.2) is 3.79 Å². The molecule has 0 aliphatic heterocycles. The van der Waals surface area contributed by atoms with Crippen LogP contribution in [0.1, 0.15) is 17.7 Å². The number of nitrogens with zero attached hydrogens (tertiary/aromatic N) is 2. The van der Waals surface area contributed by atoms with Crippen LogP contribution in [0.15, 0.2) is 30.5 Å². The molecule has 0 aliphatic rings. The molecule has 4 nitrogen and oxygen atoms in total. The molecule has 8 heteroatoms. The molecule has 1 heterocycles. The SMILES string of the molecule is OC(Cc1cn[nH]n1)(CC(Cl)(Cl)Cl)c1ccc(Cl)cc1. The minimum Gasteiger partial charge on any atom is -0.385 e. The highest BCUT2D eigenvalue weighted by molar-refractivity contribution is 6.67. The molecule has 0 bridgehead atoms. The maximum atomic E-state index is 10.9. The van der Waals surface area contributed by atoms with E-state index in [-0.39, 0.29) is 12.8 Å². The number of aromatic amines is 1. The van der Waals surface area contributed by atoms with Gasteiger partial charge < -0.3 is 5.11 Å². The van der Waals surface area contributed by atoms with Gasteiger partial charge in [-0.15, -0.1) is 0 Å². The van der Waals surface area contributed by atoms with Crippen LogP contribution in [0.3, 0.4) is 0 Å². The quantitative estimate of drug-likeness (QED) is 0.824. The van der Waals surface area contributed by atoms with E-state index in [1.165, 1.54) is 6.20 Å². The number of aliphatic hydroxyl groups is 1. The first kappa shape index (κ1) is 15.9. The third kappa shape index (κ3) is 4.24. The highest BCUT2D eigenvalue weighted by Gasteiger charge is 2.38. The lowest BCUT2D eigenvalue weighted by Gasteiger charge is -2.31. The summed E-state index contributed by atoms with van der Waals surface area (Å²) in [5.74, 6) is 0. The molecule has 20 heavy (non-hydrogen) atoms. The molecule has 2 rings (SSSR count). The Morgan fingerprint density at radius 2 is 1.80 bits per heavy atom. The predicted molar refractivity (Wildman–Crippen MR) is 80.3 cm³/mol. The molecule has 1 unspecified atom stereocenters. The lowest BCUT2D eigenvalue weighted by Crippen LogP contribution is -2.33. The maximum absolute atomic E-state index is 10.9. The van der Waals surface area contributed by atoms with Crippen molar-refractivity contribution in [2.75, 3.05) is 0 Å². The average Bonchev–Trinajstić information content (AvgIpc) is 2.79. The fraction of sp³-hybridized carbons (Fsp3) is 0.333. The first-order valence-corrected chi connectivity index (χ1v) is 7.19. The van der Waals surface area contributed by atoms with E-state index in [1.54, 1.807) is 24.3 Å². The monoisotopic (exact) mass is 353 g/mol. The molecular formula is C12H11Cl4N3O. The van der Waals surface area contributed by atoms with Crippen LogP contribution in [-0.2, 0) is 12.0 Å². The lowest BCUT2D eigenvalue weighted by molar-refractivity contribution is 0.0279. The molecular weight excluding hydrogens is 344 g/mol. The van der Waals surface area contributed by atoms with Gasteiger partial charge in [-0.1, -0.05) is 58.5 Å². The number of alkyl halides is 3. The summed E-state index contributed by atoms with van der Waals surface area (Å²) in [5.41, 5.74) is -0.222. The van der Waals surface area contributed by atoms with Crippen LogP contribution in [0.5, 0.6) is 0 Å². The van der Waals surface area contributed by atoms with Crippen LogP contribution in [0.25, 0.3) is 0 Å². The predicted octanol–water partition coefficient (Wildman–Crippen LogP) is 3.65. The minimum absolute atomic E-state index is 0.0842. The van der Waals surface area contributed by atoms with Crippen molar-refractivity contribution in [1.82, 2.24) is 15.4 Å². The molecule has 0 spiro atoms. The molecule has 0 aliphatic carbocycles. The number of hydrogen-bond acceptors (Lipinski definition) is 3. The first-order chi connectivity index (χ1) is 9.28. The van der Waals surface area contributed by atoms with Crippen molar-refractivity contribution < 1.29 is 5.11 Å². The number of nitrogens with one attached hydrogen (secondary N) is 1. The van der Waals surface area contributed by atoms with Gasteiger partial charge in [-0.25, -0.2) is 0 Å². The van der Waals surface area contributed by atoms with E-state index in [0.717, 1.165) is 0 Å². The Morgan fingerprint density at radius 1 is 1.15 bits per heavy atom. The molecule has 1 atom stereocenters. The van der Waals surface area contributed by atoms with Crippen LogP contribution >= 0.6 is 46.4 Å². The van der Waals surface area contributed by atoms with Crippen molar-refractivity contribution >= 4 is 46.4 Å². The van der Waals surface area contributed by atoms with Crippen molar-refractivity contribution in [3.8, 4) is 0 Å². The second-order valence-corrected chi connectivity index (χ2v) is 7.42. The van der Waals surface area contributed by atoms with Gasteiger partial charge >= 0.3 is 0 Å². The Labute approximate surface area is 136 Å². The molecule has 108 valence electrons. The Balaban J connectivity index is 2.34. The van der Waals surface area contributed by atoms with E-state index in [1.807, 2.05) is 0 Å². The fourth-order valence-corrected chi connectivity index (χ4v) is 2.76. The molecule has 0 saturated heterocycles. The largest absolute Gasteiger partial charge is 0.385 e. The van der Waals surface area contributed by atoms with Crippen LogP contribution in [0.2, 0.25) is 5.02 Å². The average molecular weight is 355 g/mol. The zero-order valence-corrected chi connectivity index (χ0v) is 13.2. The summed E-state index contributed by atoms with van der Waals surface area (Å²) >= 11 is 23.4. The Hall–Kier alpha value is -0.520. The smallest absolute Gasteiger partial charge is 0.193 e. The Kier molecular flexibility index (Phi) is 4.82. The van der Waals surface area contributed by atoms with Gasteiger partial charge in [0.2, 0.25) is 0 Å². The zero-order chi connectivity index (χ0) is 14.8. The van der Waals surface area contributed by atoms with E-state index in [9.17, 15) is 5.11 Å². The fourth-order valence-electron chi connectivity index (χ4n) is 1.97. The Morgan fingerprint density at radius 3 is 2.30 bits per heavy atom. The minimum atomic E-state index is -1.60. The van der Waals surface area contributed by atoms with E-state index in [2.05, 4.69) is 15.4 Å². The van der Waals surface area contributed by atoms with Crippen LogP contribution in [0, 0.1) is 0 Å². The normalized spacial score (nSPS) is 15.1.